The number of benzene rings is 2. The summed E-state index contributed by atoms with van der Waals surface area (Å²) >= 11 is 0. The van der Waals surface area contributed by atoms with Crippen molar-refractivity contribution in [1.82, 2.24) is 19.4 Å². The van der Waals surface area contributed by atoms with E-state index in [1.165, 1.54) is 0 Å². The van der Waals surface area contributed by atoms with Crippen LogP contribution in [0.2, 0.25) is 0 Å². The minimum absolute atomic E-state index is 0. The number of nitrogens with zero attached hydrogens (tertiary/aromatic N) is 4. The number of aryl methyl sites for hydroxylation is 1. The third-order valence-electron chi connectivity index (χ3n) is 8.13. The normalized spacial score (nSPS) is 17.3. The summed E-state index contributed by atoms with van der Waals surface area (Å²) in [5.41, 5.74) is 4.52. The van der Waals surface area contributed by atoms with Gasteiger partial charge in [-0.15, -0.1) is 0 Å². The zero-order valence-corrected chi connectivity index (χ0v) is 25.3. The van der Waals surface area contributed by atoms with Crippen molar-refractivity contribution in [3.05, 3.63) is 71.1 Å². The van der Waals surface area contributed by atoms with Gasteiger partial charge in [0.15, 0.2) is 0 Å². The average molecular weight is 584 g/mol. The molecule has 0 bridgehead atoms. The number of imidazole rings is 1. The van der Waals surface area contributed by atoms with Crippen LogP contribution >= 0.6 is 0 Å². The fraction of sp³-hybridized carbons (Fsp3) is 0.469. The molecule has 43 heavy (non-hydrogen) atoms. The van der Waals surface area contributed by atoms with Crippen molar-refractivity contribution in [3.63, 3.8) is 0 Å². The minimum Gasteiger partial charge on any atom is -0.870 e. The van der Waals surface area contributed by atoms with Crippen molar-refractivity contribution in [3.8, 4) is 16.9 Å². The van der Waals surface area contributed by atoms with E-state index in [1.807, 2.05) is 56.0 Å². The molecule has 6 rings (SSSR count). The number of halogens is 1. The number of carbonyl (C=O) groups is 1. The number of amides is 1. The molecule has 1 fully saturated rings. The topological polar surface area (TPSA) is 107 Å². The Morgan fingerprint density at radius 3 is 2.47 bits per heavy atom. The number of piperidine rings is 1. The molecule has 9 nitrogen and oxygen atoms in total. The van der Waals surface area contributed by atoms with Crippen LogP contribution in [0.25, 0.3) is 11.1 Å². The van der Waals surface area contributed by atoms with E-state index < -0.39 is 11.6 Å². The Labute approximate surface area is 263 Å². The molecule has 1 N–H and O–H groups in total. The van der Waals surface area contributed by atoms with E-state index in [1.54, 1.807) is 17.3 Å². The maximum absolute atomic E-state index is 15.3. The van der Waals surface area contributed by atoms with Gasteiger partial charge in [-0.2, -0.15) is 0 Å². The van der Waals surface area contributed by atoms with E-state index >= 15 is 4.39 Å². The van der Waals surface area contributed by atoms with Crippen molar-refractivity contribution in [1.29, 1.82) is 0 Å². The van der Waals surface area contributed by atoms with E-state index in [9.17, 15) is 9.59 Å². The SMILES string of the molecule is CC(C)(C)OC(=O)N1CCC(Oc2ccc(-c3cc(F)c4c(c3)CN(C([C-]=O)c3ncn5c3CCC5)C4)cc2)CC1.[Li+].[OH-]. The first-order valence-corrected chi connectivity index (χ1v) is 14.4. The summed E-state index contributed by atoms with van der Waals surface area (Å²) in [5, 5.41) is 0. The summed E-state index contributed by atoms with van der Waals surface area (Å²) in [6.07, 6.45) is 7.11. The molecule has 224 valence electrons. The Bertz CT molecular complexity index is 1450. The van der Waals surface area contributed by atoms with E-state index in [0.717, 1.165) is 66.1 Å². The molecular weight excluding hydrogens is 546 g/mol. The van der Waals surface area contributed by atoms with Crippen molar-refractivity contribution in [2.45, 2.75) is 83.8 Å². The monoisotopic (exact) mass is 583 g/mol. The van der Waals surface area contributed by atoms with Gasteiger partial charge in [0, 0.05) is 56.8 Å². The van der Waals surface area contributed by atoms with Crippen LogP contribution < -0.4 is 23.6 Å². The molecule has 3 aromatic rings. The van der Waals surface area contributed by atoms with E-state index in [0.29, 0.717) is 31.7 Å². The van der Waals surface area contributed by atoms with E-state index in [4.69, 9.17) is 9.47 Å². The second-order valence-corrected chi connectivity index (χ2v) is 12.2. The average Bonchev–Trinajstić information content (AvgIpc) is 3.66. The van der Waals surface area contributed by atoms with Crippen LogP contribution in [0.4, 0.5) is 9.18 Å². The maximum atomic E-state index is 15.3. The summed E-state index contributed by atoms with van der Waals surface area (Å²) in [6.45, 7) is 8.53. The number of hydrogen-bond donors (Lipinski definition) is 0. The molecule has 1 unspecified atom stereocenters. The summed E-state index contributed by atoms with van der Waals surface area (Å²) in [7, 11) is 0. The van der Waals surface area contributed by atoms with Crippen LogP contribution in [-0.2, 0) is 35.6 Å². The van der Waals surface area contributed by atoms with Crippen LogP contribution in [-0.4, -0.2) is 62.0 Å². The molecule has 1 aromatic heterocycles. The third-order valence-corrected chi connectivity index (χ3v) is 8.13. The number of fused-ring (bicyclic) bond motifs is 2. The summed E-state index contributed by atoms with van der Waals surface area (Å²) in [5.74, 6) is 0.478. The summed E-state index contributed by atoms with van der Waals surface area (Å²) in [6, 6.07) is 10.7. The molecule has 0 aliphatic carbocycles. The number of ether oxygens (including phenoxy) is 2. The Hall–Kier alpha value is -3.16. The predicted molar refractivity (Wildman–Crippen MR) is 153 cm³/mol. The van der Waals surface area contributed by atoms with Gasteiger partial charge in [-0.3, -0.25) is 0 Å². The Balaban J connectivity index is 0.00000212. The second kappa shape index (κ2) is 13.2. The van der Waals surface area contributed by atoms with Crippen LogP contribution in [0.5, 0.6) is 5.75 Å². The van der Waals surface area contributed by atoms with Crippen LogP contribution in [0.1, 0.15) is 68.6 Å². The molecular formula is C32H37FLiN4O5-. The smallest absolute Gasteiger partial charge is 0.870 e. The Kier molecular flexibility index (Phi) is 10.1. The fourth-order valence-corrected chi connectivity index (χ4v) is 6.08. The maximum Gasteiger partial charge on any atom is 1.00 e. The van der Waals surface area contributed by atoms with Crippen LogP contribution in [0, 0.1) is 5.82 Å². The number of carbonyl (C=O) groups excluding carboxylic acids is 2. The van der Waals surface area contributed by atoms with Gasteiger partial charge in [-0.05, 0) is 80.6 Å². The Morgan fingerprint density at radius 2 is 1.79 bits per heavy atom. The first-order valence-electron chi connectivity index (χ1n) is 14.4. The molecule has 2 aromatic carbocycles. The van der Waals surface area contributed by atoms with Gasteiger partial charge in [-0.1, -0.05) is 12.1 Å². The minimum atomic E-state index is -0.605. The quantitative estimate of drug-likeness (QED) is 0.324. The fourth-order valence-electron chi connectivity index (χ4n) is 6.08. The van der Waals surface area contributed by atoms with Gasteiger partial charge >= 0.3 is 25.0 Å². The van der Waals surface area contributed by atoms with Crippen molar-refractivity contribution in [2.75, 3.05) is 13.1 Å². The van der Waals surface area contributed by atoms with Gasteiger partial charge < -0.3 is 34.1 Å². The van der Waals surface area contributed by atoms with E-state index in [-0.39, 0.29) is 42.4 Å². The molecule has 1 saturated heterocycles. The van der Waals surface area contributed by atoms with Gasteiger partial charge in [-0.25, -0.2) is 20.5 Å². The molecule has 3 aliphatic heterocycles. The molecule has 1 amide bonds. The zero-order chi connectivity index (χ0) is 28.7. The molecule has 11 heteroatoms. The number of hydrogen-bond acceptors (Lipinski definition) is 7. The molecule has 3 aliphatic rings. The van der Waals surface area contributed by atoms with Gasteiger partial charge in [0.25, 0.3) is 0 Å². The van der Waals surface area contributed by atoms with Gasteiger partial charge in [0.2, 0.25) is 0 Å². The van der Waals surface area contributed by atoms with Crippen molar-refractivity contribution >= 4 is 12.4 Å². The zero-order valence-electron chi connectivity index (χ0n) is 25.3. The molecule has 0 radical (unpaired) electrons. The Morgan fingerprint density at radius 1 is 1.07 bits per heavy atom. The number of rotatable bonds is 6. The van der Waals surface area contributed by atoms with Gasteiger partial charge in [0.1, 0.15) is 23.3 Å². The number of likely N-dealkylation sites (tertiary alicyclic amines) is 1. The molecule has 0 spiro atoms. The molecule has 4 heterocycles. The number of aromatic nitrogens is 2. The first-order chi connectivity index (χ1) is 19.7. The second-order valence-electron chi connectivity index (χ2n) is 12.2. The molecule has 0 saturated carbocycles. The van der Waals surface area contributed by atoms with Crippen molar-refractivity contribution in [2.24, 2.45) is 0 Å². The van der Waals surface area contributed by atoms with Crippen molar-refractivity contribution < 1.29 is 47.8 Å². The van der Waals surface area contributed by atoms with Gasteiger partial charge in [0.05, 0.1) is 12.0 Å². The van der Waals surface area contributed by atoms with Crippen LogP contribution in [0.15, 0.2) is 42.7 Å². The standard InChI is InChI=1S/C32H36FN4O4.Li.H2O/c1-32(2,3)41-31(39)35-13-10-25(11-14-35)40-24-8-6-21(7-9-24)22-15-23-17-37(18-26(23)27(33)16-22)29(19-38)30-28-5-4-12-36(28)20-34-30;;/h6-9,15-16,20,25,29H,4-5,10-14,17-18H2,1-3H3;;1H2/q-1;+1;/p-1. The largest absolute Gasteiger partial charge is 1.00 e. The predicted octanol–water partition coefficient (Wildman–Crippen LogP) is 2.41. The molecule has 1 atom stereocenters. The first kappa shape index (κ1) is 32.7. The van der Waals surface area contributed by atoms with Crippen LogP contribution in [0.3, 0.4) is 0 Å². The summed E-state index contributed by atoms with van der Waals surface area (Å²) < 4.78 is 29.1. The van der Waals surface area contributed by atoms with E-state index in [2.05, 4.69) is 15.8 Å². The third kappa shape index (κ3) is 6.99. The summed E-state index contributed by atoms with van der Waals surface area (Å²) in [4.78, 5) is 32.6.